The maximum atomic E-state index is 12.8. The second-order valence-electron chi connectivity index (χ2n) is 7.90. The summed E-state index contributed by atoms with van der Waals surface area (Å²) in [4.78, 5) is 41.1. The number of likely N-dealkylation sites (tertiary alicyclic amines) is 1. The van der Waals surface area contributed by atoms with Crippen LogP contribution in [0.3, 0.4) is 0 Å². The number of amides is 3. The van der Waals surface area contributed by atoms with Gasteiger partial charge in [-0.3, -0.25) is 19.3 Å². The van der Waals surface area contributed by atoms with Gasteiger partial charge in [0.05, 0.1) is 11.1 Å². The fraction of sp³-hybridized carbons (Fsp3) is 0.571. The van der Waals surface area contributed by atoms with Gasteiger partial charge in [0.25, 0.3) is 11.8 Å². The lowest BCUT2D eigenvalue weighted by Crippen LogP contribution is -2.49. The van der Waals surface area contributed by atoms with E-state index < -0.39 is 0 Å². The largest absolute Gasteiger partial charge is 0.339 e. The first-order valence-corrected chi connectivity index (χ1v) is 10.8. The first kappa shape index (κ1) is 18.7. The monoisotopic (exact) mass is 432 g/mol. The summed E-state index contributed by atoms with van der Waals surface area (Å²) in [6, 6.07) is 5.56. The average Bonchev–Trinajstić information content (AvgIpc) is 2.91. The number of piperidine rings is 1. The van der Waals surface area contributed by atoms with E-state index in [9.17, 15) is 14.4 Å². The Morgan fingerprint density at radius 2 is 1.78 bits per heavy atom. The SMILES string of the molecule is O=C1c2ccc(Br)cc2C(=O)N1CCCC(=O)N1CCCC2CCCCC21. The number of carbonyl (C=O) groups excluding carboxylic acids is 3. The van der Waals surface area contributed by atoms with Gasteiger partial charge in [-0.1, -0.05) is 28.8 Å². The number of rotatable bonds is 4. The van der Waals surface area contributed by atoms with Gasteiger partial charge in [-0.25, -0.2) is 0 Å². The highest BCUT2D eigenvalue weighted by molar-refractivity contribution is 9.10. The van der Waals surface area contributed by atoms with E-state index in [1.165, 1.54) is 30.6 Å². The molecule has 4 rings (SSSR count). The smallest absolute Gasteiger partial charge is 0.261 e. The molecule has 0 bridgehead atoms. The van der Waals surface area contributed by atoms with E-state index in [0.717, 1.165) is 23.9 Å². The van der Waals surface area contributed by atoms with Gasteiger partial charge in [-0.05, 0) is 56.2 Å². The summed E-state index contributed by atoms with van der Waals surface area (Å²) in [5, 5.41) is 0. The summed E-state index contributed by atoms with van der Waals surface area (Å²) >= 11 is 3.34. The second-order valence-corrected chi connectivity index (χ2v) is 8.81. The lowest BCUT2D eigenvalue weighted by molar-refractivity contribution is -0.137. The molecule has 1 saturated heterocycles. The van der Waals surface area contributed by atoms with Crippen LogP contribution >= 0.6 is 15.9 Å². The molecule has 3 aliphatic rings. The highest BCUT2D eigenvalue weighted by atomic mass is 79.9. The summed E-state index contributed by atoms with van der Waals surface area (Å²) in [6.45, 7) is 1.17. The maximum absolute atomic E-state index is 12.8. The van der Waals surface area contributed by atoms with Crippen molar-refractivity contribution in [2.75, 3.05) is 13.1 Å². The van der Waals surface area contributed by atoms with Crippen molar-refractivity contribution in [2.24, 2.45) is 5.92 Å². The fourth-order valence-electron chi connectivity index (χ4n) is 4.93. The zero-order valence-electron chi connectivity index (χ0n) is 15.5. The number of halogens is 1. The molecule has 3 amide bonds. The van der Waals surface area contributed by atoms with Crippen molar-refractivity contribution < 1.29 is 14.4 Å². The van der Waals surface area contributed by atoms with E-state index in [-0.39, 0.29) is 17.7 Å². The Morgan fingerprint density at radius 3 is 2.63 bits per heavy atom. The maximum Gasteiger partial charge on any atom is 0.261 e. The molecule has 27 heavy (non-hydrogen) atoms. The molecule has 1 aliphatic carbocycles. The predicted molar refractivity (Wildman–Crippen MR) is 105 cm³/mol. The first-order chi connectivity index (χ1) is 13.1. The van der Waals surface area contributed by atoms with Crippen LogP contribution in [0.25, 0.3) is 0 Å². The van der Waals surface area contributed by atoms with Crippen molar-refractivity contribution in [1.82, 2.24) is 9.80 Å². The van der Waals surface area contributed by atoms with Crippen molar-refractivity contribution in [3.63, 3.8) is 0 Å². The van der Waals surface area contributed by atoms with Crippen LogP contribution in [0.4, 0.5) is 0 Å². The fourth-order valence-corrected chi connectivity index (χ4v) is 5.29. The number of benzene rings is 1. The van der Waals surface area contributed by atoms with Crippen molar-refractivity contribution in [2.45, 2.75) is 57.4 Å². The number of fused-ring (bicyclic) bond motifs is 2. The molecule has 1 aromatic rings. The summed E-state index contributed by atoms with van der Waals surface area (Å²) < 4.78 is 0.784. The number of imide groups is 1. The average molecular weight is 433 g/mol. The van der Waals surface area contributed by atoms with E-state index in [4.69, 9.17) is 0 Å². The molecule has 2 fully saturated rings. The second kappa shape index (κ2) is 7.74. The Labute approximate surface area is 168 Å². The molecule has 1 aromatic carbocycles. The number of hydrogen-bond acceptors (Lipinski definition) is 3. The summed E-state index contributed by atoms with van der Waals surface area (Å²) in [6.07, 6.45) is 8.16. The molecule has 2 aliphatic heterocycles. The van der Waals surface area contributed by atoms with Gasteiger partial charge in [-0.15, -0.1) is 0 Å². The number of carbonyl (C=O) groups is 3. The van der Waals surface area contributed by atoms with Crippen molar-refractivity contribution in [3.8, 4) is 0 Å². The van der Waals surface area contributed by atoms with Crippen molar-refractivity contribution >= 4 is 33.7 Å². The quantitative estimate of drug-likeness (QED) is 0.675. The van der Waals surface area contributed by atoms with E-state index in [1.54, 1.807) is 18.2 Å². The molecule has 6 heteroatoms. The van der Waals surface area contributed by atoms with Crippen LogP contribution in [-0.4, -0.2) is 46.7 Å². The molecule has 2 unspecified atom stereocenters. The molecule has 144 valence electrons. The van der Waals surface area contributed by atoms with Crippen LogP contribution in [0.5, 0.6) is 0 Å². The molecule has 0 N–H and O–H groups in total. The standard InChI is InChI=1S/C21H25BrN2O3/c22-15-9-10-16-17(13-15)21(27)24(20(16)26)12-4-8-19(25)23-11-3-6-14-5-1-2-7-18(14)23/h9-10,13-14,18H,1-8,11-12H2. The topological polar surface area (TPSA) is 57.7 Å². The Bertz CT molecular complexity index is 777. The Hall–Kier alpha value is -1.69. The van der Waals surface area contributed by atoms with Gasteiger partial charge in [0.15, 0.2) is 0 Å². The zero-order chi connectivity index (χ0) is 19.0. The van der Waals surface area contributed by atoms with Gasteiger partial charge in [0.2, 0.25) is 5.91 Å². The van der Waals surface area contributed by atoms with Gasteiger partial charge < -0.3 is 4.90 Å². The highest BCUT2D eigenvalue weighted by Gasteiger charge is 2.37. The van der Waals surface area contributed by atoms with E-state index in [1.807, 2.05) is 0 Å². The van der Waals surface area contributed by atoms with Crippen LogP contribution in [0, 0.1) is 5.92 Å². The first-order valence-electron chi connectivity index (χ1n) is 10.0. The lowest BCUT2D eigenvalue weighted by atomic mass is 9.78. The van der Waals surface area contributed by atoms with Gasteiger partial charge in [-0.2, -0.15) is 0 Å². The summed E-state index contributed by atoms with van der Waals surface area (Å²) in [7, 11) is 0. The van der Waals surface area contributed by atoms with Crippen molar-refractivity contribution in [3.05, 3.63) is 33.8 Å². The summed E-state index contributed by atoms with van der Waals surface area (Å²) in [5.41, 5.74) is 0.900. The molecule has 5 nitrogen and oxygen atoms in total. The molecule has 1 saturated carbocycles. The third kappa shape index (κ3) is 3.56. The molecule has 2 atom stereocenters. The van der Waals surface area contributed by atoms with E-state index in [2.05, 4.69) is 20.8 Å². The van der Waals surface area contributed by atoms with Crippen LogP contribution in [0.1, 0.15) is 72.1 Å². The third-order valence-electron chi connectivity index (χ3n) is 6.27. The zero-order valence-corrected chi connectivity index (χ0v) is 17.0. The van der Waals surface area contributed by atoms with E-state index in [0.29, 0.717) is 42.5 Å². The van der Waals surface area contributed by atoms with Crippen LogP contribution in [0.2, 0.25) is 0 Å². The molecule has 0 aromatic heterocycles. The number of nitrogens with zero attached hydrogens (tertiary/aromatic N) is 2. The van der Waals surface area contributed by atoms with Gasteiger partial charge in [0, 0.05) is 30.0 Å². The normalized spacial score (nSPS) is 24.8. The lowest BCUT2D eigenvalue weighted by Gasteiger charge is -2.44. The molecule has 0 radical (unpaired) electrons. The highest BCUT2D eigenvalue weighted by Crippen LogP contribution is 2.35. The Kier molecular flexibility index (Phi) is 5.35. The molecule has 2 heterocycles. The predicted octanol–water partition coefficient (Wildman–Crippen LogP) is 4.01. The van der Waals surface area contributed by atoms with Crippen LogP contribution < -0.4 is 0 Å². The Morgan fingerprint density at radius 1 is 1.04 bits per heavy atom. The van der Waals surface area contributed by atoms with E-state index >= 15 is 0 Å². The van der Waals surface area contributed by atoms with Gasteiger partial charge >= 0.3 is 0 Å². The Balaban J connectivity index is 1.34. The van der Waals surface area contributed by atoms with Crippen LogP contribution in [-0.2, 0) is 4.79 Å². The minimum atomic E-state index is -0.255. The number of hydrogen-bond donors (Lipinski definition) is 0. The minimum absolute atomic E-state index is 0.186. The molecule has 0 spiro atoms. The van der Waals surface area contributed by atoms with Gasteiger partial charge in [0.1, 0.15) is 0 Å². The minimum Gasteiger partial charge on any atom is -0.339 e. The molecular weight excluding hydrogens is 408 g/mol. The van der Waals surface area contributed by atoms with Crippen molar-refractivity contribution in [1.29, 1.82) is 0 Å². The molecular formula is C21H25BrN2O3. The third-order valence-corrected chi connectivity index (χ3v) is 6.76. The van der Waals surface area contributed by atoms with Crippen LogP contribution in [0.15, 0.2) is 22.7 Å². The summed E-state index contributed by atoms with van der Waals surface area (Å²) in [5.74, 6) is 0.353.